The van der Waals surface area contributed by atoms with Gasteiger partial charge in [0.15, 0.2) is 0 Å². The fourth-order valence-corrected chi connectivity index (χ4v) is 2.07. The predicted molar refractivity (Wildman–Crippen MR) is 70.3 cm³/mol. The van der Waals surface area contributed by atoms with Crippen molar-refractivity contribution in [2.24, 2.45) is 0 Å². The molecule has 1 aliphatic heterocycles. The highest BCUT2D eigenvalue weighted by atomic mass is 16.6. The van der Waals surface area contributed by atoms with Gasteiger partial charge in [0.05, 0.1) is 11.0 Å². The van der Waals surface area contributed by atoms with E-state index in [4.69, 9.17) is 4.74 Å². The lowest BCUT2D eigenvalue weighted by molar-refractivity contribution is -0.385. The minimum absolute atomic E-state index is 0.0410. The third-order valence-corrected chi connectivity index (χ3v) is 2.99. The number of aromatic nitrogens is 2. The molecule has 1 aromatic heterocycles. The zero-order chi connectivity index (χ0) is 14.9. The molecule has 0 radical (unpaired) electrons. The Morgan fingerprint density at radius 1 is 1.55 bits per heavy atom. The number of rotatable bonds is 2. The summed E-state index contributed by atoms with van der Waals surface area (Å²) in [6.45, 7) is 6.46. The first-order valence-corrected chi connectivity index (χ1v) is 6.43. The number of nitrogens with zero attached hydrogens (tertiary/aromatic N) is 4. The van der Waals surface area contributed by atoms with Crippen LogP contribution in [0, 0.1) is 10.1 Å². The molecule has 0 bridgehead atoms. The summed E-state index contributed by atoms with van der Waals surface area (Å²) < 4.78 is 6.84. The van der Waals surface area contributed by atoms with Crippen LogP contribution in [0.5, 0.6) is 0 Å². The Bertz CT molecular complexity index is 520. The Morgan fingerprint density at radius 3 is 2.80 bits per heavy atom. The van der Waals surface area contributed by atoms with Gasteiger partial charge in [0, 0.05) is 13.1 Å². The molecule has 0 aromatic carbocycles. The molecule has 1 saturated heterocycles. The molecule has 20 heavy (non-hydrogen) atoms. The second-order valence-corrected chi connectivity index (χ2v) is 5.80. The Morgan fingerprint density at radius 2 is 2.25 bits per heavy atom. The van der Waals surface area contributed by atoms with Gasteiger partial charge in [-0.2, -0.15) is 5.10 Å². The van der Waals surface area contributed by atoms with E-state index in [-0.39, 0.29) is 17.8 Å². The van der Waals surface area contributed by atoms with Crippen molar-refractivity contribution in [1.29, 1.82) is 0 Å². The topological polar surface area (TPSA) is 90.5 Å². The van der Waals surface area contributed by atoms with Crippen molar-refractivity contribution in [3.8, 4) is 0 Å². The number of likely N-dealkylation sites (tertiary alicyclic amines) is 1. The number of hydrogen-bond donors (Lipinski definition) is 0. The van der Waals surface area contributed by atoms with Crippen LogP contribution in [-0.2, 0) is 4.74 Å². The zero-order valence-corrected chi connectivity index (χ0v) is 11.8. The molecule has 0 aliphatic carbocycles. The first-order valence-electron chi connectivity index (χ1n) is 6.43. The highest BCUT2D eigenvalue weighted by molar-refractivity contribution is 5.68. The van der Waals surface area contributed by atoms with E-state index in [0.717, 1.165) is 0 Å². The third-order valence-electron chi connectivity index (χ3n) is 2.99. The van der Waals surface area contributed by atoms with E-state index in [1.54, 1.807) is 9.58 Å². The van der Waals surface area contributed by atoms with Crippen molar-refractivity contribution in [3.63, 3.8) is 0 Å². The average Bonchev–Trinajstić information content (AvgIpc) is 2.95. The van der Waals surface area contributed by atoms with Gasteiger partial charge in [0.1, 0.15) is 18.0 Å². The second-order valence-electron chi connectivity index (χ2n) is 5.80. The number of hydrogen-bond acceptors (Lipinski definition) is 5. The van der Waals surface area contributed by atoms with E-state index in [9.17, 15) is 14.9 Å². The number of nitro groups is 1. The van der Waals surface area contributed by atoms with E-state index in [1.807, 2.05) is 20.8 Å². The van der Waals surface area contributed by atoms with Crippen LogP contribution in [0.3, 0.4) is 0 Å². The van der Waals surface area contributed by atoms with Gasteiger partial charge in [-0.25, -0.2) is 4.79 Å². The molecular formula is C12H18N4O4. The van der Waals surface area contributed by atoms with Crippen LogP contribution in [0.1, 0.15) is 33.2 Å². The van der Waals surface area contributed by atoms with Crippen LogP contribution in [0.15, 0.2) is 12.4 Å². The van der Waals surface area contributed by atoms with Crippen LogP contribution in [0.25, 0.3) is 0 Å². The Kier molecular flexibility index (Phi) is 3.65. The van der Waals surface area contributed by atoms with Gasteiger partial charge < -0.3 is 9.64 Å². The maximum atomic E-state index is 11.9. The number of carbonyl (C=O) groups excluding carboxylic acids is 1. The summed E-state index contributed by atoms with van der Waals surface area (Å²) in [4.78, 5) is 23.7. The van der Waals surface area contributed by atoms with Crippen molar-refractivity contribution < 1.29 is 14.5 Å². The smallest absolute Gasteiger partial charge is 0.410 e. The lowest BCUT2D eigenvalue weighted by atomic mass is 10.2. The fourth-order valence-electron chi connectivity index (χ4n) is 2.07. The highest BCUT2D eigenvalue weighted by Crippen LogP contribution is 2.24. The molecule has 2 heterocycles. The monoisotopic (exact) mass is 282 g/mol. The first-order chi connectivity index (χ1) is 9.26. The van der Waals surface area contributed by atoms with Gasteiger partial charge in [0.2, 0.25) is 0 Å². The Balaban J connectivity index is 1.98. The van der Waals surface area contributed by atoms with Gasteiger partial charge in [-0.05, 0) is 27.2 Å². The van der Waals surface area contributed by atoms with E-state index < -0.39 is 10.5 Å². The van der Waals surface area contributed by atoms with Gasteiger partial charge in [-0.1, -0.05) is 0 Å². The minimum atomic E-state index is -0.528. The molecule has 0 N–H and O–H groups in total. The summed E-state index contributed by atoms with van der Waals surface area (Å²) >= 11 is 0. The summed E-state index contributed by atoms with van der Waals surface area (Å²) in [6, 6.07) is -0.0452. The van der Waals surface area contributed by atoms with E-state index in [1.165, 1.54) is 12.4 Å². The SMILES string of the molecule is CC(C)(C)OC(=O)N1CCC(n2cc([N+](=O)[O-])cn2)C1. The molecule has 1 amide bonds. The van der Waals surface area contributed by atoms with Crippen LogP contribution >= 0.6 is 0 Å². The molecule has 1 aromatic rings. The molecular weight excluding hydrogens is 264 g/mol. The van der Waals surface area contributed by atoms with Crippen LogP contribution in [0.2, 0.25) is 0 Å². The standard InChI is InChI=1S/C12H18N4O4/c1-12(2,3)20-11(17)14-5-4-9(7-14)15-8-10(6-13-15)16(18)19/h6,8-9H,4-5,7H2,1-3H3. The molecule has 8 nitrogen and oxygen atoms in total. The van der Waals surface area contributed by atoms with E-state index in [0.29, 0.717) is 19.5 Å². The number of amides is 1. The molecule has 1 aliphatic rings. The maximum Gasteiger partial charge on any atom is 0.410 e. The summed E-state index contributed by atoms with van der Waals surface area (Å²) in [5.74, 6) is 0. The third kappa shape index (κ3) is 3.25. The van der Waals surface area contributed by atoms with Crippen LogP contribution in [0.4, 0.5) is 10.5 Å². The van der Waals surface area contributed by atoms with E-state index >= 15 is 0 Å². The van der Waals surface area contributed by atoms with Crippen molar-refractivity contribution in [3.05, 3.63) is 22.5 Å². The quantitative estimate of drug-likeness (QED) is 0.611. The van der Waals surface area contributed by atoms with Crippen molar-refractivity contribution in [2.75, 3.05) is 13.1 Å². The second kappa shape index (κ2) is 5.10. The molecule has 0 saturated carbocycles. The largest absolute Gasteiger partial charge is 0.444 e. The van der Waals surface area contributed by atoms with Crippen molar-refractivity contribution >= 4 is 11.8 Å². The molecule has 0 spiro atoms. The number of ether oxygens (including phenoxy) is 1. The lowest BCUT2D eigenvalue weighted by Crippen LogP contribution is -2.35. The van der Waals surface area contributed by atoms with Crippen molar-refractivity contribution in [2.45, 2.75) is 38.8 Å². The van der Waals surface area contributed by atoms with Crippen LogP contribution in [-0.4, -0.2) is 44.4 Å². The predicted octanol–water partition coefficient (Wildman–Crippen LogP) is 1.97. The maximum absolute atomic E-state index is 11.9. The molecule has 8 heteroatoms. The average molecular weight is 282 g/mol. The Labute approximate surface area is 116 Å². The van der Waals surface area contributed by atoms with Gasteiger partial charge in [-0.15, -0.1) is 0 Å². The van der Waals surface area contributed by atoms with Crippen LogP contribution < -0.4 is 0 Å². The van der Waals surface area contributed by atoms with Crippen molar-refractivity contribution in [1.82, 2.24) is 14.7 Å². The molecule has 1 atom stereocenters. The lowest BCUT2D eigenvalue weighted by Gasteiger charge is -2.24. The molecule has 1 unspecified atom stereocenters. The summed E-state index contributed by atoms with van der Waals surface area (Å²) in [6.07, 6.45) is 2.96. The number of carbonyl (C=O) groups is 1. The van der Waals surface area contributed by atoms with E-state index in [2.05, 4.69) is 5.10 Å². The summed E-state index contributed by atoms with van der Waals surface area (Å²) in [5.41, 5.74) is -0.569. The van der Waals surface area contributed by atoms with Gasteiger partial charge in [0.25, 0.3) is 0 Å². The first kappa shape index (κ1) is 14.3. The van der Waals surface area contributed by atoms with Gasteiger partial charge in [-0.3, -0.25) is 14.8 Å². The fraction of sp³-hybridized carbons (Fsp3) is 0.667. The molecule has 2 rings (SSSR count). The highest BCUT2D eigenvalue weighted by Gasteiger charge is 2.31. The van der Waals surface area contributed by atoms with Gasteiger partial charge >= 0.3 is 11.8 Å². The zero-order valence-electron chi connectivity index (χ0n) is 11.8. The normalized spacial score (nSPS) is 19.1. The summed E-state index contributed by atoms with van der Waals surface area (Å²) in [7, 11) is 0. The summed E-state index contributed by atoms with van der Waals surface area (Å²) in [5, 5.41) is 14.6. The Hall–Kier alpha value is -2.12. The minimum Gasteiger partial charge on any atom is -0.444 e. The molecule has 110 valence electrons. The molecule has 1 fully saturated rings.